The third-order valence-electron chi connectivity index (χ3n) is 3.73. The Balaban J connectivity index is 3.39. The van der Waals surface area contributed by atoms with Crippen molar-refractivity contribution in [2.45, 2.75) is 0 Å². The zero-order valence-electron chi connectivity index (χ0n) is 24.6. The summed E-state index contributed by atoms with van der Waals surface area (Å²) in [4.78, 5) is 41.4. The number of rotatable bonds is 33. The van der Waals surface area contributed by atoms with Gasteiger partial charge in [0, 0.05) is 48.4 Å². The van der Waals surface area contributed by atoms with E-state index in [0.29, 0.717) is 64.1 Å². The van der Waals surface area contributed by atoms with Gasteiger partial charge in [-0.3, -0.25) is 14.0 Å². The van der Waals surface area contributed by atoms with Crippen molar-refractivity contribution in [3.8, 4) is 0 Å². The number of hydrogen-bond donors (Lipinski definition) is 4. The summed E-state index contributed by atoms with van der Waals surface area (Å²) < 4.78 is 17.0. The minimum Gasteiger partial charge on any atom is -0.449 e. The van der Waals surface area contributed by atoms with Crippen LogP contribution in [0.15, 0.2) is 9.98 Å². The molecule has 0 saturated heterocycles. The molecule has 0 aliphatic rings. The molecule has 1 atom stereocenters. The maximum atomic E-state index is 12.0. The number of thioether (sulfide) groups is 10. The molecule has 0 radical (unpaired) electrons. The molecule has 0 aromatic rings. The highest BCUT2D eigenvalue weighted by atomic mass is 32.3. The monoisotopic (exact) mass is 842 g/mol. The smallest absolute Gasteiger partial charge is 0.407 e. The maximum absolute atomic E-state index is 12.0. The van der Waals surface area contributed by atoms with Gasteiger partial charge in [0.25, 0.3) is 5.24 Å². The number of amides is 2. The molecular weight excluding hydrogens is 801 g/mol. The van der Waals surface area contributed by atoms with Crippen molar-refractivity contribution < 1.29 is 38.5 Å². The lowest BCUT2D eigenvalue weighted by Crippen LogP contribution is -2.24. The van der Waals surface area contributed by atoms with Crippen LogP contribution in [-0.4, -0.2) is 141 Å². The van der Waals surface area contributed by atoms with Crippen molar-refractivity contribution in [3.05, 3.63) is 0 Å². The first kappa shape index (κ1) is 46.4. The molecule has 0 aliphatic carbocycles. The minimum atomic E-state index is -1.11. The molecule has 0 bridgehead atoms. The number of aliphatic imine (C=N–C) groups is 2. The molecule has 0 rings (SSSR count). The number of carbonyl (C=O) groups is 2. The highest BCUT2D eigenvalue weighted by Gasteiger charge is 2.03. The second-order valence-electron chi connectivity index (χ2n) is 7.15. The summed E-state index contributed by atoms with van der Waals surface area (Å²) in [5, 5.41) is 27.2. The van der Waals surface area contributed by atoms with E-state index in [1.54, 1.807) is 82.3 Å². The Morgan fingerprint density at radius 2 is 1.33 bits per heavy atom. The van der Waals surface area contributed by atoms with Crippen molar-refractivity contribution in [1.82, 2.24) is 10.6 Å². The van der Waals surface area contributed by atoms with Crippen LogP contribution in [0.5, 0.6) is 0 Å². The molecule has 0 aliphatic heterocycles. The Hall–Kier alpha value is 1.41. The molecule has 45 heavy (non-hydrogen) atoms. The van der Waals surface area contributed by atoms with Crippen molar-refractivity contribution in [1.29, 1.82) is 0 Å². The number of alkyl carbamates (subject to hydrolysis) is 1. The van der Waals surface area contributed by atoms with E-state index in [1.807, 2.05) is 0 Å². The Kier molecular flexibility index (Phi) is 41.1. The van der Waals surface area contributed by atoms with Crippen molar-refractivity contribution >= 4 is 152 Å². The average molecular weight is 843 g/mol. The summed E-state index contributed by atoms with van der Waals surface area (Å²) in [6.07, 6.45) is 0.829. The van der Waals surface area contributed by atoms with Crippen molar-refractivity contribution in [2.75, 3.05) is 103 Å². The largest absolute Gasteiger partial charge is 0.449 e. The predicted octanol–water partition coefficient (Wildman–Crippen LogP) is 5.07. The fraction of sp³-hybridized carbons (Fsp3) is 0.818. The third-order valence-corrected chi connectivity index (χ3v) is 15.8. The van der Waals surface area contributed by atoms with Crippen LogP contribution >= 0.6 is 118 Å². The predicted molar refractivity (Wildman–Crippen MR) is 213 cm³/mol. The molecule has 264 valence electrons. The molecule has 0 heterocycles. The first-order chi connectivity index (χ1) is 22.1. The van der Waals surface area contributed by atoms with E-state index in [0.717, 1.165) is 26.1 Å². The average Bonchev–Trinajstić information content (AvgIpc) is 3.03. The molecule has 0 fully saturated rings. The molecule has 0 spiro atoms. The molecule has 1 unspecified atom stereocenters. The molecular formula is C22H42N4O8S11. The highest BCUT2D eigenvalue weighted by molar-refractivity contribution is 8.29. The van der Waals surface area contributed by atoms with E-state index in [4.69, 9.17) is 24.7 Å². The normalized spacial score (nSPS) is 12.1. The molecule has 12 nitrogen and oxygen atoms in total. The van der Waals surface area contributed by atoms with Gasteiger partial charge < -0.3 is 30.5 Å². The molecule has 23 heteroatoms. The van der Waals surface area contributed by atoms with Crippen LogP contribution in [0.3, 0.4) is 0 Å². The zero-order valence-corrected chi connectivity index (χ0v) is 33.6. The quantitative estimate of drug-likeness (QED) is 0.0173. The van der Waals surface area contributed by atoms with Crippen molar-refractivity contribution in [3.63, 3.8) is 0 Å². The summed E-state index contributed by atoms with van der Waals surface area (Å²) in [6.45, 7) is 1.04. The standard InChI is InChI=1S/C22H42N4O8S11/c27-1-5-35-7-3-32-21(29)25-12-39-16-38-11-24-14-45(31)20-43-18-41-17-42-19-44-22(30)26-13-40-15-37-10-23-9-34-33-4-8-36-6-2-28/h9,14,27-28H,1-8,10-13,15-20H2,(H,25,29)(H,26,30)/b23-9+,24-14+. The van der Waals surface area contributed by atoms with Crippen LogP contribution in [0.4, 0.5) is 9.59 Å². The van der Waals surface area contributed by atoms with Crippen LogP contribution in [0.2, 0.25) is 0 Å². The van der Waals surface area contributed by atoms with Gasteiger partial charge in [0.1, 0.15) is 13.2 Å². The van der Waals surface area contributed by atoms with Gasteiger partial charge >= 0.3 is 6.09 Å². The topological polar surface area (TPSA) is 168 Å². The van der Waals surface area contributed by atoms with Crippen LogP contribution in [-0.2, 0) is 25.3 Å². The molecule has 0 aromatic heterocycles. The van der Waals surface area contributed by atoms with E-state index in [2.05, 4.69) is 20.6 Å². The van der Waals surface area contributed by atoms with Gasteiger partial charge in [0.05, 0.1) is 58.2 Å². The van der Waals surface area contributed by atoms with E-state index in [9.17, 15) is 13.8 Å². The number of hydrogen-bond acceptors (Lipinski definition) is 20. The third kappa shape index (κ3) is 39.7. The van der Waals surface area contributed by atoms with Gasteiger partial charge in [-0.15, -0.1) is 82.3 Å². The summed E-state index contributed by atoms with van der Waals surface area (Å²) in [5.74, 6) is 4.79. The SMILES string of the molecule is O=C(NCSCSC/N=C/S(=O)CSCSCSCSC(=O)NCSCSC/N=C/OOCCSCCO)OCCSCCO. The second-order valence-corrected chi connectivity index (χ2v) is 20.8. The van der Waals surface area contributed by atoms with E-state index < -0.39 is 16.9 Å². The number of aliphatic hydroxyl groups is 2. The Morgan fingerprint density at radius 1 is 0.711 bits per heavy atom. The van der Waals surface area contributed by atoms with Gasteiger partial charge in [0.15, 0.2) is 0 Å². The molecule has 2 amide bonds. The van der Waals surface area contributed by atoms with Crippen LogP contribution in [0.1, 0.15) is 0 Å². The second kappa shape index (κ2) is 39.8. The van der Waals surface area contributed by atoms with Crippen LogP contribution in [0, 0.1) is 0 Å². The van der Waals surface area contributed by atoms with Gasteiger partial charge in [-0.1, -0.05) is 11.8 Å². The van der Waals surface area contributed by atoms with Crippen molar-refractivity contribution in [2.24, 2.45) is 9.98 Å². The fourth-order valence-corrected chi connectivity index (χ4v) is 11.9. The number of aliphatic hydroxyl groups excluding tert-OH is 2. The van der Waals surface area contributed by atoms with Crippen LogP contribution < -0.4 is 10.6 Å². The van der Waals surface area contributed by atoms with Gasteiger partial charge in [0.2, 0.25) is 6.40 Å². The fourth-order valence-electron chi connectivity index (χ4n) is 2.00. The number of nitrogens with one attached hydrogen (secondary N) is 2. The molecule has 0 aromatic carbocycles. The Labute approximate surface area is 311 Å². The lowest BCUT2D eigenvalue weighted by molar-refractivity contribution is -0.210. The minimum absolute atomic E-state index is 0.0377. The maximum Gasteiger partial charge on any atom is 0.407 e. The summed E-state index contributed by atoms with van der Waals surface area (Å²) in [7, 11) is -1.11. The van der Waals surface area contributed by atoms with Crippen LogP contribution in [0.25, 0.3) is 0 Å². The number of nitrogens with zero attached hydrogens (tertiary/aromatic N) is 2. The highest BCUT2D eigenvalue weighted by Crippen LogP contribution is 2.22. The van der Waals surface area contributed by atoms with Gasteiger partial charge in [-0.25, -0.2) is 9.79 Å². The van der Waals surface area contributed by atoms with Gasteiger partial charge in [-0.2, -0.15) is 28.4 Å². The Morgan fingerprint density at radius 3 is 2.07 bits per heavy atom. The van der Waals surface area contributed by atoms with Gasteiger partial charge in [-0.05, 0) is 0 Å². The first-order valence-corrected chi connectivity index (χ1v) is 25.7. The summed E-state index contributed by atoms with van der Waals surface area (Å²) in [6, 6.07) is 0. The zero-order chi connectivity index (χ0) is 32.9. The number of ether oxygens (including phenoxy) is 1. The van der Waals surface area contributed by atoms with E-state index in [-0.39, 0.29) is 18.5 Å². The first-order valence-electron chi connectivity index (χ1n) is 13.0. The van der Waals surface area contributed by atoms with E-state index >= 15 is 0 Å². The summed E-state index contributed by atoms with van der Waals surface area (Å²) >= 11 is 15.7. The summed E-state index contributed by atoms with van der Waals surface area (Å²) in [5.41, 5.74) is 1.49. The molecule has 0 saturated carbocycles. The lowest BCUT2D eigenvalue weighted by Gasteiger charge is -2.06. The number of carbonyl (C=O) groups excluding carboxylic acids is 2. The van der Waals surface area contributed by atoms with E-state index in [1.165, 1.54) is 47.2 Å². The molecule has 4 N–H and O–H groups in total. The Bertz CT molecular complexity index is 783. The lowest BCUT2D eigenvalue weighted by atomic mass is 10.8.